The minimum Gasteiger partial charge on any atom is -0.497 e. The van der Waals surface area contributed by atoms with Crippen LogP contribution in [-0.2, 0) is 9.53 Å². The Morgan fingerprint density at radius 3 is 2.30 bits per heavy atom. The summed E-state index contributed by atoms with van der Waals surface area (Å²) in [6.07, 6.45) is 6.26. The second-order valence-corrected chi connectivity index (χ2v) is 10.8. The molecule has 4 heteroatoms. The molecule has 6 rings (SSSR count). The van der Waals surface area contributed by atoms with Crippen LogP contribution in [0.3, 0.4) is 0 Å². The monoisotopic (exact) mass is 494 g/mol. The van der Waals surface area contributed by atoms with E-state index in [1.807, 2.05) is 78.9 Å². The molecule has 1 spiro atoms. The van der Waals surface area contributed by atoms with E-state index in [-0.39, 0.29) is 17.6 Å². The molecule has 5 atom stereocenters. The van der Waals surface area contributed by atoms with Crippen LogP contribution in [-0.4, -0.2) is 23.8 Å². The van der Waals surface area contributed by atoms with Gasteiger partial charge in [-0.3, -0.25) is 4.79 Å². The van der Waals surface area contributed by atoms with Gasteiger partial charge in [-0.15, -0.1) is 0 Å². The van der Waals surface area contributed by atoms with Crippen molar-refractivity contribution in [2.45, 2.75) is 56.3 Å². The van der Waals surface area contributed by atoms with Crippen molar-refractivity contribution >= 4 is 11.9 Å². The molecule has 1 N–H and O–H groups in total. The third-order valence-electron chi connectivity index (χ3n) is 8.87. The van der Waals surface area contributed by atoms with Gasteiger partial charge in [0.05, 0.1) is 18.6 Å². The largest absolute Gasteiger partial charge is 0.497 e. The molecule has 0 unspecified atom stereocenters. The van der Waals surface area contributed by atoms with E-state index in [1.165, 1.54) is 0 Å². The highest BCUT2D eigenvalue weighted by Crippen LogP contribution is 2.67. The summed E-state index contributed by atoms with van der Waals surface area (Å²) in [6.45, 7) is 0. The number of fused-ring (bicyclic) bond motifs is 1. The number of ketones is 1. The Morgan fingerprint density at radius 1 is 0.892 bits per heavy atom. The van der Waals surface area contributed by atoms with Crippen LogP contribution in [0.25, 0.3) is 6.08 Å². The molecular formula is C33H34O4. The van der Waals surface area contributed by atoms with Gasteiger partial charge in [-0.25, -0.2) is 0 Å². The average molecular weight is 495 g/mol. The van der Waals surface area contributed by atoms with E-state index in [9.17, 15) is 9.90 Å². The summed E-state index contributed by atoms with van der Waals surface area (Å²) >= 11 is 0. The molecule has 37 heavy (non-hydrogen) atoms. The van der Waals surface area contributed by atoms with Crippen molar-refractivity contribution in [2.75, 3.05) is 7.11 Å². The molecule has 0 radical (unpaired) electrons. The van der Waals surface area contributed by atoms with Crippen molar-refractivity contribution in [2.24, 2.45) is 11.3 Å². The van der Waals surface area contributed by atoms with Gasteiger partial charge in [-0.2, -0.15) is 0 Å². The predicted octanol–water partition coefficient (Wildman–Crippen LogP) is 6.86. The fourth-order valence-electron chi connectivity index (χ4n) is 7.20. The molecule has 2 aliphatic carbocycles. The van der Waals surface area contributed by atoms with Crippen molar-refractivity contribution in [3.05, 3.63) is 107 Å². The van der Waals surface area contributed by atoms with Gasteiger partial charge in [-0.05, 0) is 66.2 Å². The fraction of sp³-hybridized carbons (Fsp3) is 0.364. The zero-order valence-corrected chi connectivity index (χ0v) is 21.3. The van der Waals surface area contributed by atoms with E-state index < -0.39 is 17.3 Å². The number of hydrogen-bond donors (Lipinski definition) is 1. The van der Waals surface area contributed by atoms with Crippen LogP contribution in [0.2, 0.25) is 0 Å². The molecule has 1 saturated heterocycles. The summed E-state index contributed by atoms with van der Waals surface area (Å²) in [5.74, 6) is -0.656. The molecule has 2 saturated carbocycles. The normalized spacial score (nSPS) is 32.4. The smallest absolute Gasteiger partial charge is 0.169 e. The summed E-state index contributed by atoms with van der Waals surface area (Å²) in [5, 5.41) is 12.0. The molecule has 190 valence electrons. The number of carbonyl (C=O) groups excluding carboxylic acids is 1. The van der Waals surface area contributed by atoms with E-state index in [0.717, 1.165) is 47.3 Å². The Labute approximate surface area is 218 Å². The highest BCUT2D eigenvalue weighted by molar-refractivity contribution is 6.07. The van der Waals surface area contributed by atoms with Crippen LogP contribution in [0, 0.1) is 11.3 Å². The SMILES string of the molecule is COc1ccc([C@@H]2[C@H]3CCCC[C@]3(O)O[C@H](c3ccccc3)[C@@]23CC/C(=C\c2ccccc2)C3=O)cc1. The summed E-state index contributed by atoms with van der Waals surface area (Å²) in [5.41, 5.74) is 3.10. The third kappa shape index (κ3) is 4.03. The number of aliphatic hydroxyl groups is 1. The number of benzene rings is 3. The highest BCUT2D eigenvalue weighted by atomic mass is 16.6. The predicted molar refractivity (Wildman–Crippen MR) is 144 cm³/mol. The standard InChI is InChI=1S/C33H34O4/c1-36-27-17-15-24(16-18-27)29-28-14-8-9-20-33(28,35)37-31(25-12-6-3-7-13-25)32(29)21-19-26(30(32)34)22-23-10-4-2-5-11-23/h2-7,10-13,15-18,22,28-29,31,35H,8-9,14,19-21H2,1H3/b26-22+/t28-,29-,31-,32+,33+/m1/s1. The van der Waals surface area contributed by atoms with Crippen LogP contribution >= 0.6 is 0 Å². The van der Waals surface area contributed by atoms with Crippen molar-refractivity contribution in [3.63, 3.8) is 0 Å². The maximum absolute atomic E-state index is 14.7. The summed E-state index contributed by atoms with van der Waals surface area (Å²) in [6, 6.07) is 28.2. The lowest BCUT2D eigenvalue weighted by atomic mass is 9.55. The number of methoxy groups -OCH3 is 1. The maximum Gasteiger partial charge on any atom is 0.169 e. The molecule has 1 heterocycles. The number of allylic oxidation sites excluding steroid dienone is 1. The number of ether oxygens (including phenoxy) is 2. The van der Waals surface area contributed by atoms with Gasteiger partial charge in [0.2, 0.25) is 0 Å². The molecule has 3 aliphatic rings. The molecule has 3 fully saturated rings. The molecule has 3 aromatic rings. The Bertz CT molecular complexity index is 1280. The number of hydrogen-bond acceptors (Lipinski definition) is 4. The second-order valence-electron chi connectivity index (χ2n) is 10.8. The number of rotatable bonds is 4. The number of carbonyl (C=O) groups is 1. The van der Waals surface area contributed by atoms with Crippen molar-refractivity contribution < 1.29 is 19.4 Å². The third-order valence-corrected chi connectivity index (χ3v) is 8.87. The lowest BCUT2D eigenvalue weighted by Crippen LogP contribution is -2.59. The average Bonchev–Trinajstić information content (AvgIpc) is 3.25. The quantitative estimate of drug-likeness (QED) is 0.403. The van der Waals surface area contributed by atoms with Gasteiger partial charge in [0.25, 0.3) is 0 Å². The topological polar surface area (TPSA) is 55.8 Å². The van der Waals surface area contributed by atoms with Crippen LogP contribution in [0.5, 0.6) is 5.75 Å². The van der Waals surface area contributed by atoms with E-state index in [1.54, 1.807) is 7.11 Å². The van der Waals surface area contributed by atoms with Gasteiger partial charge in [0.15, 0.2) is 11.6 Å². The van der Waals surface area contributed by atoms with Gasteiger partial charge in [0.1, 0.15) is 5.75 Å². The van der Waals surface area contributed by atoms with Gasteiger partial charge >= 0.3 is 0 Å². The van der Waals surface area contributed by atoms with E-state index in [4.69, 9.17) is 9.47 Å². The first-order valence-electron chi connectivity index (χ1n) is 13.4. The van der Waals surface area contributed by atoms with E-state index >= 15 is 0 Å². The van der Waals surface area contributed by atoms with Crippen molar-refractivity contribution in [1.82, 2.24) is 0 Å². The zero-order chi connectivity index (χ0) is 25.5. The number of Topliss-reactive ketones (excluding diaryl/α,β-unsaturated/α-hetero) is 1. The molecule has 3 aromatic carbocycles. The molecule has 0 bridgehead atoms. The first kappa shape index (κ1) is 24.1. The van der Waals surface area contributed by atoms with Crippen LogP contribution in [0.4, 0.5) is 0 Å². The summed E-state index contributed by atoms with van der Waals surface area (Å²) in [4.78, 5) is 14.7. The minimum atomic E-state index is -1.26. The van der Waals surface area contributed by atoms with Gasteiger partial charge in [0, 0.05) is 18.3 Å². The summed E-state index contributed by atoms with van der Waals surface area (Å²) < 4.78 is 12.2. The van der Waals surface area contributed by atoms with Crippen LogP contribution in [0.1, 0.15) is 67.2 Å². The Balaban J connectivity index is 1.55. The highest BCUT2D eigenvalue weighted by Gasteiger charge is 2.66. The van der Waals surface area contributed by atoms with Crippen LogP contribution in [0.15, 0.2) is 90.5 Å². The van der Waals surface area contributed by atoms with Crippen molar-refractivity contribution in [3.8, 4) is 5.75 Å². The zero-order valence-electron chi connectivity index (χ0n) is 21.3. The van der Waals surface area contributed by atoms with E-state index in [0.29, 0.717) is 19.3 Å². The molecule has 4 nitrogen and oxygen atoms in total. The molecule has 0 amide bonds. The Morgan fingerprint density at radius 2 is 1.59 bits per heavy atom. The van der Waals surface area contributed by atoms with Crippen molar-refractivity contribution in [1.29, 1.82) is 0 Å². The van der Waals surface area contributed by atoms with E-state index in [2.05, 4.69) is 12.1 Å². The molecule has 1 aliphatic heterocycles. The maximum atomic E-state index is 14.7. The molecule has 0 aromatic heterocycles. The summed E-state index contributed by atoms with van der Waals surface area (Å²) in [7, 11) is 1.66. The first-order chi connectivity index (χ1) is 18.0. The first-order valence-corrected chi connectivity index (χ1v) is 13.4. The Kier molecular flexibility index (Phi) is 6.26. The van der Waals surface area contributed by atoms with Crippen LogP contribution < -0.4 is 4.74 Å². The Hall–Kier alpha value is -3.21. The molecular weight excluding hydrogens is 460 g/mol. The minimum absolute atomic E-state index is 0.152. The van der Waals surface area contributed by atoms with Gasteiger partial charge < -0.3 is 14.6 Å². The lowest BCUT2D eigenvalue weighted by Gasteiger charge is -2.58. The lowest BCUT2D eigenvalue weighted by molar-refractivity contribution is -0.330. The van der Waals surface area contributed by atoms with Gasteiger partial charge in [-0.1, -0.05) is 79.2 Å². The second kappa shape index (κ2) is 9.59. The fourth-order valence-corrected chi connectivity index (χ4v) is 7.20.